The van der Waals surface area contributed by atoms with Gasteiger partial charge in [0.1, 0.15) is 17.3 Å². The zero-order valence-electron chi connectivity index (χ0n) is 16.7. The molecule has 146 valence electrons. The van der Waals surface area contributed by atoms with Crippen molar-refractivity contribution in [2.75, 3.05) is 19.1 Å². The predicted molar refractivity (Wildman–Crippen MR) is 117 cm³/mol. The zero-order valence-corrected chi connectivity index (χ0v) is 18.3. The number of rotatable bonds is 7. The van der Waals surface area contributed by atoms with Crippen LogP contribution in [0.5, 0.6) is 11.5 Å². The van der Waals surface area contributed by atoms with Crippen molar-refractivity contribution in [3.8, 4) is 11.5 Å². The van der Waals surface area contributed by atoms with Crippen LogP contribution in [-0.4, -0.2) is 19.2 Å². The fraction of sp³-hybridized carbons (Fsp3) is 0.261. The van der Waals surface area contributed by atoms with E-state index in [-0.39, 0.29) is 0 Å². The molecule has 3 rings (SSSR count). The van der Waals surface area contributed by atoms with Crippen LogP contribution in [0, 0.1) is 13.8 Å². The van der Waals surface area contributed by atoms with Crippen LogP contribution < -0.4 is 14.4 Å². The number of aromatic nitrogens is 1. The van der Waals surface area contributed by atoms with Crippen molar-refractivity contribution in [2.24, 2.45) is 0 Å². The van der Waals surface area contributed by atoms with Gasteiger partial charge in [-0.25, -0.2) is 4.98 Å². The molecule has 1 aromatic heterocycles. The first-order chi connectivity index (χ1) is 13.5. The molecule has 28 heavy (non-hydrogen) atoms. The van der Waals surface area contributed by atoms with Crippen molar-refractivity contribution in [3.05, 3.63) is 81.5 Å². The molecule has 0 saturated heterocycles. The molecule has 5 heteroatoms. The number of hydrogen-bond acceptors (Lipinski definition) is 4. The SMILES string of the molecule is COc1ccc(CN(Cc2ccc(OC)cc2)c2nc(C)cc(Br)c2C)cc1. The molecule has 0 atom stereocenters. The number of anilines is 1. The molecule has 0 unspecified atom stereocenters. The molecule has 0 bridgehead atoms. The van der Waals surface area contributed by atoms with E-state index in [1.165, 1.54) is 11.1 Å². The van der Waals surface area contributed by atoms with Crippen molar-refractivity contribution in [3.63, 3.8) is 0 Å². The van der Waals surface area contributed by atoms with E-state index in [0.717, 1.165) is 46.1 Å². The van der Waals surface area contributed by atoms with Gasteiger partial charge in [-0.05, 0) is 55.3 Å². The average Bonchev–Trinajstić information content (AvgIpc) is 2.71. The third kappa shape index (κ3) is 4.84. The van der Waals surface area contributed by atoms with Gasteiger partial charge in [0, 0.05) is 28.8 Å². The van der Waals surface area contributed by atoms with Crippen LogP contribution in [0.1, 0.15) is 22.4 Å². The first kappa shape index (κ1) is 20.2. The Hall–Kier alpha value is -2.53. The summed E-state index contributed by atoms with van der Waals surface area (Å²) in [5, 5.41) is 0. The summed E-state index contributed by atoms with van der Waals surface area (Å²) < 4.78 is 11.6. The van der Waals surface area contributed by atoms with Crippen LogP contribution in [-0.2, 0) is 13.1 Å². The van der Waals surface area contributed by atoms with E-state index >= 15 is 0 Å². The molecule has 1 heterocycles. The highest BCUT2D eigenvalue weighted by atomic mass is 79.9. The largest absolute Gasteiger partial charge is 0.497 e. The smallest absolute Gasteiger partial charge is 0.133 e. The van der Waals surface area contributed by atoms with Gasteiger partial charge in [0.25, 0.3) is 0 Å². The highest BCUT2D eigenvalue weighted by Crippen LogP contribution is 2.29. The van der Waals surface area contributed by atoms with Gasteiger partial charge >= 0.3 is 0 Å². The van der Waals surface area contributed by atoms with Crippen molar-refractivity contribution in [1.29, 1.82) is 0 Å². The summed E-state index contributed by atoms with van der Waals surface area (Å²) >= 11 is 3.67. The van der Waals surface area contributed by atoms with Crippen LogP contribution in [0.4, 0.5) is 5.82 Å². The normalized spacial score (nSPS) is 10.6. The number of pyridine rings is 1. The minimum absolute atomic E-state index is 0.750. The molecule has 3 aromatic rings. The second kappa shape index (κ2) is 9.11. The van der Waals surface area contributed by atoms with Crippen molar-refractivity contribution >= 4 is 21.7 Å². The van der Waals surface area contributed by atoms with Gasteiger partial charge in [0.05, 0.1) is 14.2 Å². The summed E-state index contributed by atoms with van der Waals surface area (Å²) in [6.45, 7) is 5.62. The fourth-order valence-corrected chi connectivity index (χ4v) is 3.61. The summed E-state index contributed by atoms with van der Waals surface area (Å²) in [4.78, 5) is 7.14. The van der Waals surface area contributed by atoms with E-state index in [2.05, 4.69) is 58.1 Å². The van der Waals surface area contributed by atoms with Crippen molar-refractivity contribution in [1.82, 2.24) is 4.98 Å². The number of benzene rings is 2. The Morgan fingerprint density at radius 1 is 0.821 bits per heavy atom. The van der Waals surface area contributed by atoms with Gasteiger partial charge in [-0.2, -0.15) is 0 Å². The second-order valence-electron chi connectivity index (χ2n) is 6.75. The number of nitrogens with zero attached hydrogens (tertiary/aromatic N) is 2. The lowest BCUT2D eigenvalue weighted by atomic mass is 10.1. The molecular weight excluding hydrogens is 416 g/mol. The number of halogens is 1. The molecule has 2 aromatic carbocycles. The molecule has 0 aliphatic rings. The molecule has 0 amide bonds. The molecule has 0 aliphatic carbocycles. The summed E-state index contributed by atoms with van der Waals surface area (Å²) in [5.74, 6) is 2.70. The zero-order chi connectivity index (χ0) is 20.1. The first-order valence-electron chi connectivity index (χ1n) is 9.14. The van der Waals surface area contributed by atoms with Gasteiger partial charge < -0.3 is 14.4 Å². The lowest BCUT2D eigenvalue weighted by molar-refractivity contribution is 0.414. The van der Waals surface area contributed by atoms with E-state index in [4.69, 9.17) is 14.5 Å². The van der Waals surface area contributed by atoms with Gasteiger partial charge in [-0.3, -0.25) is 0 Å². The number of methoxy groups -OCH3 is 2. The summed E-state index contributed by atoms with van der Waals surface area (Å²) in [7, 11) is 3.37. The molecular formula is C23H25BrN2O2. The van der Waals surface area contributed by atoms with Crippen LogP contribution in [0.25, 0.3) is 0 Å². The van der Waals surface area contributed by atoms with Crippen LogP contribution in [0.15, 0.2) is 59.1 Å². The number of ether oxygens (including phenoxy) is 2. The summed E-state index contributed by atoms with van der Waals surface area (Å²) in [5.41, 5.74) is 4.52. The lowest BCUT2D eigenvalue weighted by Gasteiger charge is -2.27. The maximum Gasteiger partial charge on any atom is 0.133 e. The van der Waals surface area contributed by atoms with Gasteiger partial charge in [-0.15, -0.1) is 0 Å². The Morgan fingerprint density at radius 3 is 1.71 bits per heavy atom. The monoisotopic (exact) mass is 440 g/mol. The van der Waals surface area contributed by atoms with Gasteiger partial charge in [0.2, 0.25) is 0 Å². The standard InChI is InChI=1S/C23H25BrN2O2/c1-16-13-22(24)17(2)23(25-16)26(14-18-5-9-20(27-3)10-6-18)15-19-7-11-21(28-4)12-8-19/h5-13H,14-15H2,1-4H3. The lowest BCUT2D eigenvalue weighted by Crippen LogP contribution is -2.24. The minimum atomic E-state index is 0.750. The Balaban J connectivity index is 1.94. The minimum Gasteiger partial charge on any atom is -0.497 e. The quantitative estimate of drug-likeness (QED) is 0.472. The number of aryl methyl sites for hydroxylation is 1. The molecule has 4 nitrogen and oxygen atoms in total. The Bertz CT molecular complexity index is 875. The van der Waals surface area contributed by atoms with Crippen molar-refractivity contribution in [2.45, 2.75) is 26.9 Å². The first-order valence-corrected chi connectivity index (χ1v) is 9.94. The Labute approximate surface area is 175 Å². The van der Waals surface area contributed by atoms with E-state index < -0.39 is 0 Å². The Kier molecular flexibility index (Phi) is 6.57. The predicted octanol–water partition coefficient (Wildman–Crippen LogP) is 5.68. The molecule has 0 saturated carbocycles. The second-order valence-corrected chi connectivity index (χ2v) is 7.60. The van der Waals surface area contributed by atoms with Gasteiger partial charge in [0.15, 0.2) is 0 Å². The van der Waals surface area contributed by atoms with E-state index in [1.54, 1.807) is 14.2 Å². The number of hydrogen-bond donors (Lipinski definition) is 0. The maximum absolute atomic E-state index is 5.28. The topological polar surface area (TPSA) is 34.6 Å². The van der Waals surface area contributed by atoms with Crippen LogP contribution in [0.2, 0.25) is 0 Å². The third-order valence-electron chi connectivity index (χ3n) is 4.68. The van der Waals surface area contributed by atoms with E-state index in [1.807, 2.05) is 31.2 Å². The van der Waals surface area contributed by atoms with E-state index in [9.17, 15) is 0 Å². The fourth-order valence-electron chi connectivity index (χ4n) is 3.10. The molecule has 0 aliphatic heterocycles. The average molecular weight is 441 g/mol. The third-order valence-corrected chi connectivity index (χ3v) is 5.50. The highest BCUT2D eigenvalue weighted by molar-refractivity contribution is 9.10. The van der Waals surface area contributed by atoms with Crippen molar-refractivity contribution < 1.29 is 9.47 Å². The molecule has 0 fully saturated rings. The molecule has 0 N–H and O–H groups in total. The summed E-state index contributed by atoms with van der Waals surface area (Å²) in [6.07, 6.45) is 0. The highest BCUT2D eigenvalue weighted by Gasteiger charge is 2.15. The molecule has 0 radical (unpaired) electrons. The van der Waals surface area contributed by atoms with Gasteiger partial charge in [-0.1, -0.05) is 40.2 Å². The Morgan fingerprint density at radius 2 is 1.29 bits per heavy atom. The van der Waals surface area contributed by atoms with Crippen LogP contribution >= 0.6 is 15.9 Å². The van der Waals surface area contributed by atoms with Crippen LogP contribution in [0.3, 0.4) is 0 Å². The summed E-state index contributed by atoms with van der Waals surface area (Å²) in [6, 6.07) is 18.4. The van der Waals surface area contributed by atoms with E-state index in [0.29, 0.717) is 0 Å². The maximum atomic E-state index is 5.28. The molecule has 0 spiro atoms.